The van der Waals surface area contributed by atoms with E-state index in [0.29, 0.717) is 45.6 Å². The third kappa shape index (κ3) is 10.3. The Morgan fingerprint density at radius 1 is 0.447 bits per heavy atom. The topological polar surface area (TPSA) is 55.4 Å². The highest BCUT2D eigenvalue weighted by molar-refractivity contribution is 5.16. The lowest BCUT2D eigenvalue weighted by atomic mass is 9.90. The van der Waals surface area contributed by atoms with Crippen molar-refractivity contribution in [1.29, 1.82) is 0 Å². The van der Waals surface area contributed by atoms with Crippen LogP contribution in [0.15, 0.2) is 121 Å². The molecule has 1 saturated carbocycles. The molecule has 2 fully saturated rings. The second-order valence-corrected chi connectivity index (χ2v) is 12.7. The van der Waals surface area contributed by atoms with E-state index in [9.17, 15) is 0 Å². The Hall–Kier alpha value is -3.36. The first-order chi connectivity index (χ1) is 23.3. The molecule has 4 aromatic rings. The number of ether oxygens (including phenoxy) is 6. The van der Waals surface area contributed by atoms with E-state index in [2.05, 4.69) is 48.5 Å². The van der Waals surface area contributed by atoms with Crippen molar-refractivity contribution in [1.82, 2.24) is 0 Å². The second-order valence-electron chi connectivity index (χ2n) is 12.7. The van der Waals surface area contributed by atoms with Gasteiger partial charge in [-0.3, -0.25) is 0 Å². The smallest absolute Gasteiger partial charge is 0.186 e. The van der Waals surface area contributed by atoms with Gasteiger partial charge >= 0.3 is 0 Å². The van der Waals surface area contributed by atoms with Crippen LogP contribution in [-0.4, -0.2) is 43.9 Å². The zero-order valence-electron chi connectivity index (χ0n) is 27.2. The minimum atomic E-state index is -0.636. The van der Waals surface area contributed by atoms with Crippen LogP contribution in [0, 0.1) is 5.92 Å². The summed E-state index contributed by atoms with van der Waals surface area (Å²) in [7, 11) is 0. The standard InChI is InChI=1S/C41H48O6/c1-6-16-32(17-7-1)26-42-31-37-38(43-27-33-18-8-2-9-19-33)39(44-28-34-20-10-3-11-21-34)40(45-29-35-22-12-4-13-23-35)41(47-37)46-30-36-24-14-5-15-25-36/h1-4,6-13,16-23,36-41H,5,14-15,24-31H2/t37-,38-,39+,40+,41-/m1/s1. The monoisotopic (exact) mass is 636 g/mol. The molecule has 1 aliphatic carbocycles. The van der Waals surface area contributed by atoms with Gasteiger partial charge in [-0.05, 0) is 41.0 Å². The fraction of sp³-hybridized carbons (Fsp3) is 0.415. The largest absolute Gasteiger partial charge is 0.374 e. The lowest BCUT2D eigenvalue weighted by Crippen LogP contribution is -2.62. The number of hydrogen-bond donors (Lipinski definition) is 0. The molecule has 0 N–H and O–H groups in total. The third-order valence-electron chi connectivity index (χ3n) is 9.06. The highest BCUT2D eigenvalue weighted by atomic mass is 16.7. The van der Waals surface area contributed by atoms with Gasteiger partial charge in [-0.1, -0.05) is 141 Å². The van der Waals surface area contributed by atoms with Gasteiger partial charge in [0.2, 0.25) is 0 Å². The van der Waals surface area contributed by atoms with E-state index in [1.807, 2.05) is 72.8 Å². The molecule has 47 heavy (non-hydrogen) atoms. The molecule has 1 heterocycles. The summed E-state index contributed by atoms with van der Waals surface area (Å²) in [5.74, 6) is 0.519. The van der Waals surface area contributed by atoms with Crippen molar-refractivity contribution >= 4 is 0 Å². The zero-order chi connectivity index (χ0) is 31.9. The van der Waals surface area contributed by atoms with Crippen molar-refractivity contribution in [3.05, 3.63) is 144 Å². The Bertz CT molecular complexity index is 1400. The molecular weight excluding hydrogens is 588 g/mol. The van der Waals surface area contributed by atoms with E-state index in [1.54, 1.807) is 0 Å². The first-order valence-electron chi connectivity index (χ1n) is 17.2. The van der Waals surface area contributed by atoms with Crippen molar-refractivity contribution in [2.45, 2.75) is 89.2 Å². The van der Waals surface area contributed by atoms with Crippen LogP contribution < -0.4 is 0 Å². The average Bonchev–Trinajstić information content (AvgIpc) is 3.14. The fourth-order valence-corrected chi connectivity index (χ4v) is 6.47. The maximum atomic E-state index is 6.82. The van der Waals surface area contributed by atoms with Crippen molar-refractivity contribution in [2.75, 3.05) is 13.2 Å². The van der Waals surface area contributed by atoms with Crippen LogP contribution in [0.2, 0.25) is 0 Å². The van der Waals surface area contributed by atoms with Gasteiger partial charge in [0.1, 0.15) is 24.4 Å². The van der Waals surface area contributed by atoms with Crippen LogP contribution in [0.5, 0.6) is 0 Å². The molecule has 5 atom stereocenters. The molecule has 0 aromatic heterocycles. The van der Waals surface area contributed by atoms with Gasteiger partial charge in [0.15, 0.2) is 6.29 Å². The normalized spacial score (nSPS) is 23.4. The Balaban J connectivity index is 1.27. The first kappa shape index (κ1) is 33.5. The van der Waals surface area contributed by atoms with E-state index < -0.39 is 30.7 Å². The zero-order valence-corrected chi connectivity index (χ0v) is 27.2. The molecule has 6 rings (SSSR count). The van der Waals surface area contributed by atoms with Crippen molar-refractivity contribution < 1.29 is 28.4 Å². The maximum absolute atomic E-state index is 6.82. The highest BCUT2D eigenvalue weighted by Crippen LogP contribution is 2.33. The Morgan fingerprint density at radius 2 is 0.894 bits per heavy atom. The molecule has 0 radical (unpaired) electrons. The molecule has 0 amide bonds. The van der Waals surface area contributed by atoms with Crippen LogP contribution in [0.25, 0.3) is 0 Å². The minimum absolute atomic E-state index is 0.328. The Labute approximate surface area is 279 Å². The van der Waals surface area contributed by atoms with E-state index in [4.69, 9.17) is 28.4 Å². The van der Waals surface area contributed by atoms with E-state index in [0.717, 1.165) is 22.3 Å². The van der Waals surface area contributed by atoms with E-state index in [1.165, 1.54) is 32.1 Å². The molecule has 0 unspecified atom stereocenters. The van der Waals surface area contributed by atoms with Crippen LogP contribution >= 0.6 is 0 Å². The molecule has 0 spiro atoms. The predicted molar refractivity (Wildman–Crippen MR) is 182 cm³/mol. The number of hydrogen-bond acceptors (Lipinski definition) is 6. The van der Waals surface area contributed by atoms with Gasteiger partial charge in [0.25, 0.3) is 0 Å². The van der Waals surface area contributed by atoms with Gasteiger partial charge < -0.3 is 28.4 Å². The second kappa shape index (κ2) is 18.3. The summed E-state index contributed by atoms with van der Waals surface area (Å²) >= 11 is 0. The lowest BCUT2D eigenvalue weighted by Gasteiger charge is -2.46. The predicted octanol–water partition coefficient (Wildman–Crippen LogP) is 8.28. The van der Waals surface area contributed by atoms with Gasteiger partial charge in [-0.25, -0.2) is 0 Å². The Morgan fingerprint density at radius 3 is 1.40 bits per heavy atom. The quantitative estimate of drug-likeness (QED) is 0.123. The summed E-state index contributed by atoms with van der Waals surface area (Å²) in [5, 5.41) is 0. The number of benzene rings is 4. The van der Waals surface area contributed by atoms with Crippen LogP contribution in [0.1, 0.15) is 54.4 Å². The highest BCUT2D eigenvalue weighted by Gasteiger charge is 2.49. The van der Waals surface area contributed by atoms with Gasteiger partial charge in [-0.2, -0.15) is 0 Å². The molecule has 0 bridgehead atoms. The molecule has 4 aromatic carbocycles. The molecule has 6 nitrogen and oxygen atoms in total. The summed E-state index contributed by atoms with van der Waals surface area (Å²) in [6.07, 6.45) is 3.64. The van der Waals surface area contributed by atoms with Crippen molar-refractivity contribution in [3.63, 3.8) is 0 Å². The maximum Gasteiger partial charge on any atom is 0.186 e. The van der Waals surface area contributed by atoms with Crippen LogP contribution in [0.3, 0.4) is 0 Å². The molecule has 2 aliphatic rings. The van der Waals surface area contributed by atoms with Crippen molar-refractivity contribution in [2.24, 2.45) is 5.92 Å². The lowest BCUT2D eigenvalue weighted by molar-refractivity contribution is -0.330. The summed E-state index contributed by atoms with van der Waals surface area (Å²) < 4.78 is 40.1. The average molecular weight is 637 g/mol. The van der Waals surface area contributed by atoms with Crippen LogP contribution in [-0.2, 0) is 54.8 Å². The molecular formula is C41H48O6. The summed E-state index contributed by atoms with van der Waals surface area (Å²) in [5.41, 5.74) is 4.35. The van der Waals surface area contributed by atoms with E-state index in [-0.39, 0.29) is 0 Å². The first-order valence-corrected chi connectivity index (χ1v) is 17.2. The van der Waals surface area contributed by atoms with Crippen LogP contribution in [0.4, 0.5) is 0 Å². The van der Waals surface area contributed by atoms with Gasteiger partial charge in [-0.15, -0.1) is 0 Å². The third-order valence-corrected chi connectivity index (χ3v) is 9.06. The molecule has 6 heteroatoms. The summed E-state index contributed by atoms with van der Waals surface area (Å²) in [6.45, 7) is 2.67. The molecule has 1 aliphatic heterocycles. The number of rotatable bonds is 16. The van der Waals surface area contributed by atoms with Crippen molar-refractivity contribution in [3.8, 4) is 0 Å². The minimum Gasteiger partial charge on any atom is -0.374 e. The van der Waals surface area contributed by atoms with Gasteiger partial charge in [0, 0.05) is 0 Å². The Kier molecular flexibility index (Phi) is 13.0. The summed E-state index contributed by atoms with van der Waals surface area (Å²) in [4.78, 5) is 0. The summed E-state index contributed by atoms with van der Waals surface area (Å²) in [6, 6.07) is 40.9. The molecule has 248 valence electrons. The molecule has 1 saturated heterocycles. The van der Waals surface area contributed by atoms with E-state index >= 15 is 0 Å². The fourth-order valence-electron chi connectivity index (χ4n) is 6.47. The SMILES string of the molecule is c1ccc(COC[C@H]2O[C@@H](OCC3CCCCC3)[C@@H](OCc3ccccc3)[C@@H](OCc3ccccc3)[C@@H]2OCc2ccccc2)cc1. The van der Waals surface area contributed by atoms with Gasteiger partial charge in [0.05, 0.1) is 39.6 Å².